The second kappa shape index (κ2) is 5.87. The van der Waals surface area contributed by atoms with Crippen LogP contribution in [-0.4, -0.2) is 10.1 Å². The summed E-state index contributed by atoms with van der Waals surface area (Å²) in [7, 11) is 0. The van der Waals surface area contributed by atoms with Crippen LogP contribution in [0.5, 0.6) is 5.75 Å². The van der Waals surface area contributed by atoms with Crippen LogP contribution < -0.4 is 5.43 Å². The Hall–Kier alpha value is -1.04. The van der Waals surface area contributed by atoms with E-state index >= 15 is 0 Å². The van der Waals surface area contributed by atoms with E-state index in [2.05, 4.69) is 4.98 Å². The largest absolute Gasteiger partial charge is 0.505 e. The number of thiazole rings is 1. The van der Waals surface area contributed by atoms with Crippen LogP contribution in [0.2, 0.25) is 20.1 Å². The highest BCUT2D eigenvalue weighted by Gasteiger charge is 2.22. The van der Waals surface area contributed by atoms with Crippen molar-refractivity contribution in [2.24, 2.45) is 0 Å². The van der Waals surface area contributed by atoms with E-state index in [0.29, 0.717) is 5.52 Å². The van der Waals surface area contributed by atoms with E-state index in [1.165, 1.54) is 11.3 Å². The standard InChI is InChI=1S/C14H5Cl4NO2S/c15-8-9(16)11(18)13(21)7(12(20)10(8)17)14-19-5-3-1-2-4-6(5)22-14/h1-4,20H. The molecule has 1 heterocycles. The maximum Gasteiger partial charge on any atom is 0.212 e. The van der Waals surface area contributed by atoms with Gasteiger partial charge < -0.3 is 5.11 Å². The average molecular weight is 393 g/mol. The average Bonchev–Trinajstić information content (AvgIpc) is 2.93. The molecule has 2 aromatic carbocycles. The molecule has 3 rings (SSSR count). The van der Waals surface area contributed by atoms with Gasteiger partial charge in [0.05, 0.1) is 20.3 Å². The van der Waals surface area contributed by atoms with E-state index in [4.69, 9.17) is 46.4 Å². The van der Waals surface area contributed by atoms with E-state index in [-0.39, 0.29) is 30.7 Å². The van der Waals surface area contributed by atoms with Gasteiger partial charge in [0.2, 0.25) is 5.43 Å². The lowest BCUT2D eigenvalue weighted by atomic mass is 10.2. The summed E-state index contributed by atoms with van der Waals surface area (Å²) in [6, 6.07) is 7.32. The van der Waals surface area contributed by atoms with Crippen molar-refractivity contribution in [3.63, 3.8) is 0 Å². The molecule has 0 unspecified atom stereocenters. The van der Waals surface area contributed by atoms with Gasteiger partial charge in [-0.3, -0.25) is 4.79 Å². The molecule has 1 aromatic heterocycles. The Balaban J connectivity index is 2.46. The quantitative estimate of drug-likeness (QED) is 0.582. The molecule has 3 nitrogen and oxygen atoms in total. The van der Waals surface area contributed by atoms with Gasteiger partial charge in [-0.2, -0.15) is 0 Å². The number of fused-ring (bicyclic) bond motifs is 1. The molecule has 0 fully saturated rings. The van der Waals surface area contributed by atoms with Gasteiger partial charge in [-0.15, -0.1) is 11.3 Å². The van der Waals surface area contributed by atoms with E-state index < -0.39 is 11.2 Å². The number of hydrogen-bond donors (Lipinski definition) is 1. The lowest BCUT2D eigenvalue weighted by molar-refractivity contribution is 0.478. The SMILES string of the molecule is O=c1c(Cl)c(Cl)c(Cl)c(Cl)c(O)c1-c1nc2ccccc2s1. The van der Waals surface area contributed by atoms with Gasteiger partial charge in [0.25, 0.3) is 0 Å². The minimum atomic E-state index is -0.683. The smallest absolute Gasteiger partial charge is 0.212 e. The zero-order valence-electron chi connectivity index (χ0n) is 10.5. The van der Waals surface area contributed by atoms with Crippen molar-refractivity contribution in [1.29, 1.82) is 0 Å². The predicted molar refractivity (Wildman–Crippen MR) is 93.0 cm³/mol. The summed E-state index contributed by atoms with van der Waals surface area (Å²) in [5, 5.41) is 9.61. The molecule has 0 atom stereocenters. The molecule has 0 radical (unpaired) electrons. The molecule has 0 aliphatic carbocycles. The number of aromatic hydroxyl groups is 1. The first-order valence-electron chi connectivity index (χ1n) is 5.87. The molecule has 8 heteroatoms. The second-order valence-electron chi connectivity index (χ2n) is 4.30. The summed E-state index contributed by atoms with van der Waals surface area (Å²) < 4.78 is 0.854. The fraction of sp³-hybridized carbons (Fsp3) is 0. The highest BCUT2D eigenvalue weighted by molar-refractivity contribution is 7.21. The molecule has 0 spiro atoms. The van der Waals surface area contributed by atoms with Crippen molar-refractivity contribution < 1.29 is 5.11 Å². The summed E-state index contributed by atoms with van der Waals surface area (Å²) in [5.41, 5.74) is -0.112. The first-order valence-corrected chi connectivity index (χ1v) is 8.19. The minimum absolute atomic E-state index is 0.120. The third-order valence-corrected chi connectivity index (χ3v) is 5.79. The van der Waals surface area contributed by atoms with Gasteiger partial charge in [-0.1, -0.05) is 58.5 Å². The molecule has 1 N–H and O–H groups in total. The van der Waals surface area contributed by atoms with Crippen molar-refractivity contribution in [1.82, 2.24) is 4.98 Å². The van der Waals surface area contributed by atoms with Crippen LogP contribution in [0.4, 0.5) is 0 Å². The minimum Gasteiger partial charge on any atom is -0.505 e. The Labute approximate surface area is 148 Å². The maximum absolute atomic E-state index is 12.5. The number of nitrogens with zero attached hydrogens (tertiary/aromatic N) is 1. The summed E-state index contributed by atoms with van der Waals surface area (Å²) in [4.78, 5) is 16.8. The number of aromatic nitrogens is 1. The number of benzene rings is 1. The molecular weight excluding hydrogens is 388 g/mol. The Bertz CT molecular complexity index is 938. The van der Waals surface area contributed by atoms with E-state index in [0.717, 1.165) is 4.70 Å². The Morgan fingerprint density at radius 1 is 0.955 bits per heavy atom. The maximum atomic E-state index is 12.5. The number of halogens is 4. The zero-order valence-corrected chi connectivity index (χ0v) is 14.4. The van der Waals surface area contributed by atoms with Crippen LogP contribution in [0.3, 0.4) is 0 Å². The molecule has 0 aliphatic heterocycles. The van der Waals surface area contributed by atoms with Crippen molar-refractivity contribution in [3.05, 3.63) is 54.6 Å². The topological polar surface area (TPSA) is 50.2 Å². The predicted octanol–water partition coefficient (Wildman–Crippen LogP) is 5.64. The van der Waals surface area contributed by atoms with Gasteiger partial charge in [-0.25, -0.2) is 4.98 Å². The van der Waals surface area contributed by atoms with Crippen molar-refractivity contribution >= 4 is 68.0 Å². The molecule has 0 bridgehead atoms. The second-order valence-corrected chi connectivity index (χ2v) is 6.84. The summed E-state index contributed by atoms with van der Waals surface area (Å²) in [5.74, 6) is -0.496. The Morgan fingerprint density at radius 2 is 1.59 bits per heavy atom. The van der Waals surface area contributed by atoms with Crippen LogP contribution in [0.25, 0.3) is 20.8 Å². The molecule has 0 amide bonds. The van der Waals surface area contributed by atoms with E-state index in [9.17, 15) is 9.90 Å². The number of para-hydroxylation sites is 1. The van der Waals surface area contributed by atoms with Crippen LogP contribution in [-0.2, 0) is 0 Å². The Kier molecular flexibility index (Phi) is 4.23. The lowest BCUT2D eigenvalue weighted by Crippen LogP contribution is -2.02. The van der Waals surface area contributed by atoms with Crippen LogP contribution >= 0.6 is 57.7 Å². The fourth-order valence-electron chi connectivity index (χ4n) is 1.90. The third-order valence-electron chi connectivity index (χ3n) is 2.96. The van der Waals surface area contributed by atoms with Gasteiger partial charge in [0, 0.05) is 0 Å². The van der Waals surface area contributed by atoms with Crippen molar-refractivity contribution in [2.75, 3.05) is 0 Å². The van der Waals surface area contributed by atoms with Gasteiger partial charge in [-0.05, 0) is 12.1 Å². The molecule has 0 saturated heterocycles. The van der Waals surface area contributed by atoms with Gasteiger partial charge in [0.15, 0.2) is 0 Å². The van der Waals surface area contributed by atoms with Crippen LogP contribution in [0, 0.1) is 0 Å². The summed E-state index contributed by atoms with van der Waals surface area (Å²) >= 11 is 25.0. The lowest BCUT2D eigenvalue weighted by Gasteiger charge is -1.97. The zero-order chi connectivity index (χ0) is 16.0. The fourth-order valence-corrected chi connectivity index (χ4v) is 3.75. The van der Waals surface area contributed by atoms with Gasteiger partial charge >= 0.3 is 0 Å². The first-order chi connectivity index (χ1) is 10.4. The molecule has 112 valence electrons. The molecule has 3 aromatic rings. The van der Waals surface area contributed by atoms with Gasteiger partial charge in [0.1, 0.15) is 26.4 Å². The molecule has 22 heavy (non-hydrogen) atoms. The molecule has 0 saturated carbocycles. The molecular formula is C14H5Cl4NO2S. The van der Waals surface area contributed by atoms with E-state index in [1.807, 2.05) is 18.2 Å². The Morgan fingerprint density at radius 3 is 2.27 bits per heavy atom. The summed E-state index contributed by atoms with van der Waals surface area (Å²) in [6.07, 6.45) is 0. The third kappa shape index (κ3) is 2.45. The van der Waals surface area contributed by atoms with Crippen LogP contribution in [0.15, 0.2) is 29.1 Å². The monoisotopic (exact) mass is 391 g/mol. The van der Waals surface area contributed by atoms with Crippen molar-refractivity contribution in [2.45, 2.75) is 0 Å². The normalized spacial score (nSPS) is 11.1. The highest BCUT2D eigenvalue weighted by atomic mass is 35.5. The number of rotatable bonds is 1. The highest BCUT2D eigenvalue weighted by Crippen LogP contribution is 2.43. The van der Waals surface area contributed by atoms with Crippen molar-refractivity contribution in [3.8, 4) is 16.3 Å². The first kappa shape index (κ1) is 15.8. The molecule has 0 aliphatic rings. The number of hydrogen-bond acceptors (Lipinski definition) is 4. The summed E-state index contributed by atoms with van der Waals surface area (Å²) in [6.45, 7) is 0. The van der Waals surface area contributed by atoms with Crippen LogP contribution in [0.1, 0.15) is 0 Å². The van der Waals surface area contributed by atoms with E-state index in [1.54, 1.807) is 6.07 Å².